The van der Waals surface area contributed by atoms with Gasteiger partial charge in [0.1, 0.15) is 11.9 Å². The minimum absolute atomic E-state index is 0.187. The summed E-state index contributed by atoms with van der Waals surface area (Å²) < 4.78 is 18.4. The first-order valence-corrected chi connectivity index (χ1v) is 12.8. The second kappa shape index (κ2) is 18.6. The van der Waals surface area contributed by atoms with Crippen molar-refractivity contribution in [2.75, 3.05) is 6.61 Å². The number of rotatable bonds is 19. The highest BCUT2D eigenvalue weighted by Gasteiger charge is 2.18. The van der Waals surface area contributed by atoms with Gasteiger partial charge in [-0.2, -0.15) is 0 Å². The van der Waals surface area contributed by atoms with Crippen molar-refractivity contribution in [1.29, 1.82) is 0 Å². The highest BCUT2D eigenvalue weighted by atomic mass is 19.1. The molecular weight excluding hydrogens is 405 g/mol. The SMILES string of the molecule is CCCCCCCCCCCCCCCCCOC(=O)C(C)NC(=O)c1cccc(F)c1. The van der Waals surface area contributed by atoms with Crippen molar-refractivity contribution in [2.24, 2.45) is 0 Å². The number of carbonyl (C=O) groups is 2. The lowest BCUT2D eigenvalue weighted by atomic mass is 10.0. The van der Waals surface area contributed by atoms with Gasteiger partial charge in [-0.3, -0.25) is 4.79 Å². The molecule has 5 heteroatoms. The van der Waals surface area contributed by atoms with E-state index in [2.05, 4.69) is 12.2 Å². The molecule has 0 aliphatic heterocycles. The zero-order valence-corrected chi connectivity index (χ0v) is 20.3. The van der Waals surface area contributed by atoms with Gasteiger partial charge in [0.15, 0.2) is 0 Å². The monoisotopic (exact) mass is 449 g/mol. The Bertz CT molecular complexity index is 635. The molecule has 0 saturated carbocycles. The number of halogens is 1. The number of amides is 1. The van der Waals surface area contributed by atoms with Crippen molar-refractivity contribution in [3.63, 3.8) is 0 Å². The van der Waals surface area contributed by atoms with Gasteiger partial charge in [0, 0.05) is 5.56 Å². The van der Waals surface area contributed by atoms with Gasteiger partial charge in [0.2, 0.25) is 0 Å². The quantitative estimate of drug-likeness (QED) is 0.177. The van der Waals surface area contributed by atoms with Crippen LogP contribution in [-0.2, 0) is 9.53 Å². The van der Waals surface area contributed by atoms with Gasteiger partial charge in [0.05, 0.1) is 6.61 Å². The van der Waals surface area contributed by atoms with Crippen LogP contribution in [0.3, 0.4) is 0 Å². The lowest BCUT2D eigenvalue weighted by Crippen LogP contribution is -2.39. The predicted molar refractivity (Wildman–Crippen MR) is 129 cm³/mol. The van der Waals surface area contributed by atoms with Gasteiger partial charge in [-0.05, 0) is 31.5 Å². The molecule has 1 rings (SSSR count). The first kappa shape index (κ1) is 28.1. The summed E-state index contributed by atoms with van der Waals surface area (Å²) in [5, 5.41) is 2.55. The van der Waals surface area contributed by atoms with Crippen LogP contribution in [0.4, 0.5) is 4.39 Å². The van der Waals surface area contributed by atoms with Crippen LogP contribution in [0.1, 0.15) is 121 Å². The van der Waals surface area contributed by atoms with E-state index in [9.17, 15) is 14.0 Å². The van der Waals surface area contributed by atoms with Crippen molar-refractivity contribution in [2.45, 2.75) is 116 Å². The van der Waals surface area contributed by atoms with E-state index in [0.717, 1.165) is 18.9 Å². The van der Waals surface area contributed by atoms with Gasteiger partial charge in [0.25, 0.3) is 5.91 Å². The molecule has 0 aliphatic carbocycles. The van der Waals surface area contributed by atoms with Crippen LogP contribution in [0.5, 0.6) is 0 Å². The molecule has 0 fully saturated rings. The molecule has 0 aromatic heterocycles. The van der Waals surface area contributed by atoms with Crippen molar-refractivity contribution in [1.82, 2.24) is 5.32 Å². The van der Waals surface area contributed by atoms with Crippen LogP contribution in [0, 0.1) is 5.82 Å². The maximum atomic E-state index is 13.2. The highest BCUT2D eigenvalue weighted by molar-refractivity contribution is 5.96. The Hall–Kier alpha value is -1.91. The third-order valence-corrected chi connectivity index (χ3v) is 5.78. The van der Waals surface area contributed by atoms with Crippen LogP contribution < -0.4 is 5.32 Å². The summed E-state index contributed by atoms with van der Waals surface area (Å²) >= 11 is 0. The summed E-state index contributed by atoms with van der Waals surface area (Å²) in [6, 6.07) is 4.62. The fourth-order valence-electron chi connectivity index (χ4n) is 3.74. The van der Waals surface area contributed by atoms with Crippen LogP contribution >= 0.6 is 0 Å². The number of benzene rings is 1. The summed E-state index contributed by atoms with van der Waals surface area (Å²) in [6.07, 6.45) is 19.4. The molecule has 1 atom stereocenters. The fourth-order valence-corrected chi connectivity index (χ4v) is 3.74. The Balaban J connectivity index is 1.92. The van der Waals surface area contributed by atoms with E-state index in [-0.39, 0.29) is 5.56 Å². The van der Waals surface area contributed by atoms with Crippen LogP contribution in [0.2, 0.25) is 0 Å². The number of ether oxygens (including phenoxy) is 1. The Morgan fingerprint density at radius 1 is 0.844 bits per heavy atom. The summed E-state index contributed by atoms with van der Waals surface area (Å²) in [6.45, 7) is 4.21. The molecule has 0 aliphatic rings. The Morgan fingerprint density at radius 3 is 1.84 bits per heavy atom. The fraction of sp³-hybridized carbons (Fsp3) is 0.704. The van der Waals surface area contributed by atoms with Crippen molar-refractivity contribution >= 4 is 11.9 Å². The normalized spacial score (nSPS) is 11.8. The molecule has 1 aromatic rings. The number of esters is 1. The van der Waals surface area contributed by atoms with Crippen molar-refractivity contribution in [3.05, 3.63) is 35.6 Å². The standard InChI is InChI=1S/C27H44FNO3/c1-3-4-5-6-7-8-9-10-11-12-13-14-15-16-17-21-32-27(31)23(2)29-26(30)24-19-18-20-25(28)22-24/h18-20,22-23H,3-17,21H2,1-2H3,(H,29,30). The molecule has 1 N–H and O–H groups in total. The van der Waals surface area contributed by atoms with E-state index in [4.69, 9.17) is 4.74 Å². The van der Waals surface area contributed by atoms with Gasteiger partial charge < -0.3 is 10.1 Å². The average molecular weight is 450 g/mol. The molecule has 182 valence electrons. The van der Waals surface area contributed by atoms with Crippen LogP contribution in [0.15, 0.2) is 24.3 Å². The van der Waals surface area contributed by atoms with Crippen LogP contribution in [0.25, 0.3) is 0 Å². The molecule has 0 bridgehead atoms. The topological polar surface area (TPSA) is 55.4 Å². The Kier molecular flexibility index (Phi) is 16.4. The van der Waals surface area contributed by atoms with Crippen molar-refractivity contribution < 1.29 is 18.7 Å². The Morgan fingerprint density at radius 2 is 1.34 bits per heavy atom. The lowest BCUT2D eigenvalue weighted by Gasteiger charge is -2.13. The van der Waals surface area contributed by atoms with Gasteiger partial charge in [-0.25, -0.2) is 9.18 Å². The second-order valence-electron chi connectivity index (χ2n) is 8.82. The van der Waals surface area contributed by atoms with E-state index in [1.807, 2.05) is 0 Å². The molecular formula is C27H44FNO3. The van der Waals surface area contributed by atoms with E-state index in [1.54, 1.807) is 6.92 Å². The highest BCUT2D eigenvalue weighted by Crippen LogP contribution is 2.13. The minimum Gasteiger partial charge on any atom is -0.464 e. The van der Waals surface area contributed by atoms with Crippen molar-refractivity contribution in [3.8, 4) is 0 Å². The molecule has 1 unspecified atom stereocenters. The third kappa shape index (κ3) is 14.2. The molecule has 4 nitrogen and oxygen atoms in total. The second-order valence-corrected chi connectivity index (χ2v) is 8.82. The maximum Gasteiger partial charge on any atom is 0.328 e. The molecule has 32 heavy (non-hydrogen) atoms. The number of unbranched alkanes of at least 4 members (excludes halogenated alkanes) is 14. The largest absolute Gasteiger partial charge is 0.464 e. The first-order chi connectivity index (χ1) is 15.5. The molecule has 0 spiro atoms. The van der Waals surface area contributed by atoms with Gasteiger partial charge >= 0.3 is 5.97 Å². The van der Waals surface area contributed by atoms with Gasteiger partial charge in [-0.15, -0.1) is 0 Å². The summed E-state index contributed by atoms with van der Waals surface area (Å²) in [5.41, 5.74) is 0.187. The molecule has 0 saturated heterocycles. The summed E-state index contributed by atoms with van der Waals surface area (Å²) in [5.74, 6) is -1.43. The molecule has 0 radical (unpaired) electrons. The number of hydrogen-bond acceptors (Lipinski definition) is 3. The third-order valence-electron chi connectivity index (χ3n) is 5.78. The van der Waals surface area contributed by atoms with E-state index in [0.29, 0.717) is 6.61 Å². The van der Waals surface area contributed by atoms with E-state index >= 15 is 0 Å². The number of nitrogens with one attached hydrogen (secondary N) is 1. The lowest BCUT2D eigenvalue weighted by molar-refractivity contribution is -0.145. The van der Waals surface area contributed by atoms with E-state index < -0.39 is 23.7 Å². The molecule has 0 heterocycles. The summed E-state index contributed by atoms with van der Waals surface area (Å²) in [4.78, 5) is 24.1. The number of carbonyl (C=O) groups excluding carboxylic acids is 2. The minimum atomic E-state index is -0.762. The predicted octanol–water partition coefficient (Wildman–Crippen LogP) is 7.36. The molecule has 1 amide bonds. The zero-order chi connectivity index (χ0) is 23.4. The summed E-state index contributed by atoms with van der Waals surface area (Å²) in [7, 11) is 0. The van der Waals surface area contributed by atoms with Crippen LogP contribution in [-0.4, -0.2) is 24.5 Å². The molecule has 1 aromatic carbocycles. The van der Waals surface area contributed by atoms with Gasteiger partial charge in [-0.1, -0.05) is 103 Å². The van der Waals surface area contributed by atoms with E-state index in [1.165, 1.54) is 102 Å². The first-order valence-electron chi connectivity index (χ1n) is 12.8. The Labute approximate surface area is 194 Å². The maximum absolute atomic E-state index is 13.2. The smallest absolute Gasteiger partial charge is 0.328 e. The average Bonchev–Trinajstić information content (AvgIpc) is 2.78. The zero-order valence-electron chi connectivity index (χ0n) is 20.3. The number of hydrogen-bond donors (Lipinski definition) is 1.